The quantitative estimate of drug-likeness (QED) is 0.849. The SMILES string of the molecule is C=C/C1=C(\C=C/C)CC(C2=C[C]2C(N)=O)c2ccccc2C#C1. The Balaban J connectivity index is 2.11. The molecule has 0 saturated heterocycles. The number of hydrogen-bond donors (Lipinski definition) is 1. The maximum Gasteiger partial charge on any atom is 0.233 e. The van der Waals surface area contributed by atoms with Gasteiger partial charge in [-0.3, -0.25) is 4.79 Å². The van der Waals surface area contributed by atoms with Gasteiger partial charge in [0.05, 0.1) is 0 Å². The molecule has 3 rings (SSSR count). The van der Waals surface area contributed by atoms with Crippen LogP contribution < -0.4 is 5.73 Å². The van der Waals surface area contributed by atoms with E-state index in [4.69, 9.17) is 5.73 Å². The summed E-state index contributed by atoms with van der Waals surface area (Å²) in [6.07, 6.45) is 8.54. The Labute approximate surface area is 137 Å². The molecule has 1 radical (unpaired) electrons. The number of carbonyl (C=O) groups excluding carboxylic acids is 1. The molecule has 23 heavy (non-hydrogen) atoms. The zero-order chi connectivity index (χ0) is 16.4. The van der Waals surface area contributed by atoms with Crippen LogP contribution in [0.25, 0.3) is 0 Å². The van der Waals surface area contributed by atoms with Crippen LogP contribution in [0.4, 0.5) is 0 Å². The van der Waals surface area contributed by atoms with Gasteiger partial charge >= 0.3 is 0 Å². The summed E-state index contributed by atoms with van der Waals surface area (Å²) >= 11 is 0. The number of rotatable bonds is 4. The van der Waals surface area contributed by atoms with Gasteiger partial charge < -0.3 is 5.73 Å². The number of fused-ring (bicyclic) bond motifs is 1. The van der Waals surface area contributed by atoms with Crippen molar-refractivity contribution >= 4 is 5.91 Å². The maximum absolute atomic E-state index is 11.5. The van der Waals surface area contributed by atoms with Gasteiger partial charge in [0.2, 0.25) is 5.91 Å². The molecule has 0 bridgehead atoms. The Kier molecular flexibility index (Phi) is 4.04. The first-order chi connectivity index (χ1) is 11.2. The minimum atomic E-state index is -0.355. The van der Waals surface area contributed by atoms with Gasteiger partial charge in [0.1, 0.15) is 5.92 Å². The lowest BCUT2D eigenvalue weighted by atomic mass is 9.82. The van der Waals surface area contributed by atoms with Crippen LogP contribution in [-0.4, -0.2) is 5.91 Å². The number of nitrogens with two attached hydrogens (primary N) is 1. The molecule has 0 fully saturated rings. The molecular weight excluding hydrogens is 282 g/mol. The predicted octanol–water partition coefficient (Wildman–Crippen LogP) is 3.58. The van der Waals surface area contributed by atoms with Crippen molar-refractivity contribution in [3.8, 4) is 11.8 Å². The number of hydrogen-bond acceptors (Lipinski definition) is 1. The summed E-state index contributed by atoms with van der Waals surface area (Å²) in [5, 5.41) is 0. The van der Waals surface area contributed by atoms with Crippen LogP contribution in [0, 0.1) is 17.8 Å². The molecule has 0 heterocycles. The van der Waals surface area contributed by atoms with Crippen molar-refractivity contribution in [1.82, 2.24) is 0 Å². The molecule has 0 aromatic heterocycles. The second-order valence-electron chi connectivity index (χ2n) is 5.61. The molecule has 0 spiro atoms. The standard InChI is InChI=1S/C21H18NO/c1-3-7-16-12-18(19-13-20(19)21(22)23)17-9-6-5-8-15(17)11-10-14(16)4-2/h3-9,13,18H,2,12H2,1H3,(H2,22,23)/b7-3-,16-14-. The van der Waals surface area contributed by atoms with Gasteiger partial charge in [-0.05, 0) is 36.1 Å². The Bertz CT molecular complexity index is 827. The van der Waals surface area contributed by atoms with Crippen LogP contribution in [-0.2, 0) is 4.79 Å². The number of amides is 1. The van der Waals surface area contributed by atoms with Gasteiger partial charge in [-0.25, -0.2) is 0 Å². The van der Waals surface area contributed by atoms with E-state index in [0.717, 1.165) is 34.3 Å². The van der Waals surface area contributed by atoms with Gasteiger partial charge in [-0.2, -0.15) is 0 Å². The van der Waals surface area contributed by atoms with Crippen LogP contribution in [0.1, 0.15) is 30.4 Å². The predicted molar refractivity (Wildman–Crippen MR) is 93.2 cm³/mol. The zero-order valence-electron chi connectivity index (χ0n) is 13.1. The topological polar surface area (TPSA) is 43.1 Å². The van der Waals surface area contributed by atoms with E-state index in [1.165, 1.54) is 0 Å². The molecule has 2 aliphatic rings. The van der Waals surface area contributed by atoms with Gasteiger partial charge in [0.25, 0.3) is 0 Å². The molecular formula is C21H18NO. The first-order valence-electron chi connectivity index (χ1n) is 7.63. The second kappa shape index (κ2) is 6.14. The van der Waals surface area contributed by atoms with Crippen molar-refractivity contribution < 1.29 is 4.79 Å². The fourth-order valence-corrected chi connectivity index (χ4v) is 3.01. The summed E-state index contributed by atoms with van der Waals surface area (Å²) < 4.78 is 0. The third kappa shape index (κ3) is 2.91. The minimum Gasteiger partial charge on any atom is -0.369 e. The molecule has 0 aliphatic heterocycles. The van der Waals surface area contributed by atoms with E-state index < -0.39 is 0 Å². The average molecular weight is 300 g/mol. The smallest absolute Gasteiger partial charge is 0.233 e. The molecule has 2 nitrogen and oxygen atoms in total. The summed E-state index contributed by atoms with van der Waals surface area (Å²) in [6, 6.07) is 8.09. The molecule has 113 valence electrons. The lowest BCUT2D eigenvalue weighted by Gasteiger charge is -2.20. The molecule has 1 aromatic carbocycles. The lowest BCUT2D eigenvalue weighted by Crippen LogP contribution is -2.15. The highest BCUT2D eigenvalue weighted by Crippen LogP contribution is 2.47. The van der Waals surface area contributed by atoms with E-state index in [-0.39, 0.29) is 11.8 Å². The second-order valence-corrected chi connectivity index (χ2v) is 5.61. The molecule has 0 saturated carbocycles. The van der Waals surface area contributed by atoms with Crippen molar-refractivity contribution in [1.29, 1.82) is 0 Å². The zero-order valence-corrected chi connectivity index (χ0v) is 13.1. The fraction of sp³-hybridized carbons (Fsp3) is 0.143. The Hall–Kier alpha value is -2.79. The largest absolute Gasteiger partial charge is 0.369 e. The first-order valence-corrected chi connectivity index (χ1v) is 7.63. The number of allylic oxidation sites excluding steroid dienone is 5. The maximum atomic E-state index is 11.5. The van der Waals surface area contributed by atoms with Crippen LogP contribution in [0.3, 0.4) is 0 Å². The van der Waals surface area contributed by atoms with Crippen LogP contribution in [0.5, 0.6) is 0 Å². The van der Waals surface area contributed by atoms with Gasteiger partial charge in [0.15, 0.2) is 0 Å². The number of benzene rings is 1. The van der Waals surface area contributed by atoms with E-state index in [9.17, 15) is 4.79 Å². The summed E-state index contributed by atoms with van der Waals surface area (Å²) in [6.45, 7) is 5.87. The third-order valence-corrected chi connectivity index (χ3v) is 4.18. The summed E-state index contributed by atoms with van der Waals surface area (Å²) in [5.74, 6) is 6.86. The van der Waals surface area contributed by atoms with Gasteiger partial charge in [-0.15, -0.1) is 0 Å². The van der Waals surface area contributed by atoms with Crippen molar-refractivity contribution in [2.24, 2.45) is 5.73 Å². The van der Waals surface area contributed by atoms with E-state index in [1.54, 1.807) is 6.08 Å². The Morgan fingerprint density at radius 2 is 2.13 bits per heavy atom. The van der Waals surface area contributed by atoms with E-state index in [1.807, 2.05) is 37.3 Å². The van der Waals surface area contributed by atoms with Crippen molar-refractivity contribution in [2.45, 2.75) is 19.3 Å². The number of carbonyl (C=O) groups is 1. The summed E-state index contributed by atoms with van der Waals surface area (Å²) in [7, 11) is 0. The highest BCUT2D eigenvalue weighted by Gasteiger charge is 2.38. The van der Waals surface area contributed by atoms with Crippen molar-refractivity contribution in [2.75, 3.05) is 0 Å². The van der Waals surface area contributed by atoms with Crippen molar-refractivity contribution in [3.05, 3.63) is 88.9 Å². The van der Waals surface area contributed by atoms with E-state index in [2.05, 4.69) is 30.6 Å². The summed E-state index contributed by atoms with van der Waals surface area (Å²) in [5.41, 5.74) is 10.7. The monoisotopic (exact) mass is 300 g/mol. The highest BCUT2D eigenvalue weighted by atomic mass is 16.1. The molecule has 2 heteroatoms. The molecule has 2 aliphatic carbocycles. The van der Waals surface area contributed by atoms with Crippen molar-refractivity contribution in [3.63, 3.8) is 0 Å². The lowest BCUT2D eigenvalue weighted by molar-refractivity contribution is -0.115. The molecule has 1 amide bonds. The summed E-state index contributed by atoms with van der Waals surface area (Å²) in [4.78, 5) is 11.5. The number of primary amides is 1. The molecule has 2 N–H and O–H groups in total. The van der Waals surface area contributed by atoms with Crippen LogP contribution >= 0.6 is 0 Å². The fourth-order valence-electron chi connectivity index (χ4n) is 3.01. The van der Waals surface area contributed by atoms with Gasteiger partial charge in [0, 0.05) is 17.1 Å². The highest BCUT2D eigenvalue weighted by molar-refractivity contribution is 6.02. The molecule has 1 aromatic rings. The van der Waals surface area contributed by atoms with Gasteiger partial charge in [-0.1, -0.05) is 60.9 Å². The van der Waals surface area contributed by atoms with E-state index in [0.29, 0.717) is 5.92 Å². The first kappa shape index (κ1) is 15.1. The minimum absolute atomic E-state index is 0.101. The molecule has 1 atom stereocenters. The van der Waals surface area contributed by atoms with Crippen LogP contribution in [0.2, 0.25) is 0 Å². The van der Waals surface area contributed by atoms with E-state index >= 15 is 0 Å². The molecule has 1 unspecified atom stereocenters. The van der Waals surface area contributed by atoms with Crippen LogP contribution in [0.15, 0.2) is 71.9 Å². The normalized spacial score (nSPS) is 23.2. The Morgan fingerprint density at radius 1 is 1.35 bits per heavy atom. The Morgan fingerprint density at radius 3 is 2.78 bits per heavy atom. The third-order valence-electron chi connectivity index (χ3n) is 4.18. The average Bonchev–Trinajstić information content (AvgIpc) is 3.32.